The van der Waals surface area contributed by atoms with Gasteiger partial charge in [-0.25, -0.2) is 4.79 Å². The van der Waals surface area contributed by atoms with E-state index in [4.69, 9.17) is 5.11 Å². The molecule has 0 rings (SSSR count). The second-order valence-electron chi connectivity index (χ2n) is 1.91. The average molecular weight is 176 g/mol. The van der Waals surface area contributed by atoms with Gasteiger partial charge < -0.3 is 19.3 Å². The molecule has 0 fully saturated rings. The maximum Gasteiger partial charge on any atom is 0.341 e. The highest BCUT2D eigenvalue weighted by molar-refractivity contribution is 5.87. The number of carboxylic acids is 1. The number of hydrogen-bond donors (Lipinski definition) is 1. The van der Waals surface area contributed by atoms with Crippen LogP contribution in [0.3, 0.4) is 0 Å². The fraction of sp³-hybridized carbons (Fsp3) is 0.571. The summed E-state index contributed by atoms with van der Waals surface area (Å²) >= 11 is 0. The third-order valence-corrected chi connectivity index (χ3v) is 1.16. The summed E-state index contributed by atoms with van der Waals surface area (Å²) in [4.78, 5) is 10.6. The Morgan fingerprint density at radius 2 is 1.75 bits per heavy atom. The second-order valence-corrected chi connectivity index (χ2v) is 1.91. The van der Waals surface area contributed by atoms with Crippen molar-refractivity contribution in [3.8, 4) is 0 Å². The number of ether oxygens (including phenoxy) is 3. The summed E-state index contributed by atoms with van der Waals surface area (Å²) < 4.78 is 14.0. The summed E-state index contributed by atoms with van der Waals surface area (Å²) in [6.45, 7) is -0.0493. The van der Waals surface area contributed by atoms with Crippen molar-refractivity contribution in [1.82, 2.24) is 0 Å². The third kappa shape index (κ3) is 2.79. The summed E-state index contributed by atoms with van der Waals surface area (Å²) in [7, 11) is 4.06. The summed E-state index contributed by atoms with van der Waals surface area (Å²) in [5, 5.41) is 8.64. The molecule has 0 aliphatic carbocycles. The number of rotatable bonds is 5. The van der Waals surface area contributed by atoms with Crippen LogP contribution in [-0.2, 0) is 19.0 Å². The first-order chi connectivity index (χ1) is 5.67. The van der Waals surface area contributed by atoms with Crippen LogP contribution >= 0.6 is 0 Å². The van der Waals surface area contributed by atoms with Crippen molar-refractivity contribution in [3.05, 3.63) is 11.5 Å². The van der Waals surface area contributed by atoms with Crippen LogP contribution in [0.4, 0.5) is 0 Å². The van der Waals surface area contributed by atoms with Gasteiger partial charge in [0.1, 0.15) is 5.57 Å². The van der Waals surface area contributed by atoms with Crippen LogP contribution in [0.5, 0.6) is 0 Å². The van der Waals surface area contributed by atoms with Gasteiger partial charge in [-0.15, -0.1) is 0 Å². The van der Waals surface area contributed by atoms with Crippen LogP contribution in [0.1, 0.15) is 0 Å². The maximum absolute atomic E-state index is 10.6. The molecule has 0 saturated carbocycles. The molecule has 0 bridgehead atoms. The molecule has 1 N–H and O–H groups in total. The lowest BCUT2D eigenvalue weighted by molar-refractivity contribution is -0.134. The molecule has 0 aromatic rings. The van der Waals surface area contributed by atoms with E-state index in [1.165, 1.54) is 21.3 Å². The zero-order chi connectivity index (χ0) is 9.56. The van der Waals surface area contributed by atoms with Crippen LogP contribution < -0.4 is 0 Å². The zero-order valence-electron chi connectivity index (χ0n) is 7.29. The van der Waals surface area contributed by atoms with Gasteiger partial charge in [0.2, 0.25) is 0 Å². The van der Waals surface area contributed by atoms with E-state index < -0.39 is 5.97 Å². The number of carboxylic acid groups (broad SMARTS) is 1. The van der Waals surface area contributed by atoms with E-state index in [1.807, 2.05) is 0 Å². The van der Waals surface area contributed by atoms with Gasteiger partial charge in [-0.2, -0.15) is 0 Å². The lowest BCUT2D eigenvalue weighted by Crippen LogP contribution is -2.12. The first-order valence-electron chi connectivity index (χ1n) is 3.20. The van der Waals surface area contributed by atoms with Gasteiger partial charge in [-0.1, -0.05) is 0 Å². The zero-order valence-corrected chi connectivity index (χ0v) is 7.29. The van der Waals surface area contributed by atoms with E-state index in [0.717, 1.165) is 0 Å². The molecular formula is C7H12O5. The fourth-order valence-corrected chi connectivity index (χ4v) is 0.682. The molecule has 0 saturated heterocycles. The Morgan fingerprint density at radius 3 is 2.00 bits per heavy atom. The molecule has 5 nitrogen and oxygen atoms in total. The lowest BCUT2D eigenvalue weighted by atomic mass is 10.3. The minimum Gasteiger partial charge on any atom is -0.478 e. The van der Waals surface area contributed by atoms with Crippen molar-refractivity contribution in [2.24, 2.45) is 0 Å². The molecule has 0 aliphatic heterocycles. The van der Waals surface area contributed by atoms with E-state index in [2.05, 4.69) is 14.2 Å². The van der Waals surface area contributed by atoms with Gasteiger partial charge in [-0.05, 0) is 0 Å². The van der Waals surface area contributed by atoms with Crippen LogP contribution in [0.25, 0.3) is 0 Å². The van der Waals surface area contributed by atoms with Gasteiger partial charge in [0.05, 0.1) is 20.8 Å². The molecule has 0 aliphatic rings. The largest absolute Gasteiger partial charge is 0.478 e. The summed E-state index contributed by atoms with van der Waals surface area (Å²) in [6.07, 6.45) is 0. The van der Waals surface area contributed by atoms with E-state index in [1.54, 1.807) is 0 Å². The Balaban J connectivity index is 4.63. The van der Waals surface area contributed by atoms with Crippen molar-refractivity contribution in [2.45, 2.75) is 0 Å². The average Bonchev–Trinajstić information content (AvgIpc) is 2.05. The van der Waals surface area contributed by atoms with Crippen molar-refractivity contribution in [3.63, 3.8) is 0 Å². The highest BCUT2D eigenvalue weighted by Crippen LogP contribution is 2.06. The molecule has 5 heteroatoms. The Labute approximate surface area is 70.5 Å². The minimum atomic E-state index is -1.12. The van der Waals surface area contributed by atoms with Gasteiger partial charge >= 0.3 is 5.97 Å². The first-order valence-corrected chi connectivity index (χ1v) is 3.20. The predicted octanol–water partition coefficient (Wildman–Crippen LogP) is 0.222. The maximum atomic E-state index is 10.6. The van der Waals surface area contributed by atoms with E-state index in [-0.39, 0.29) is 18.1 Å². The van der Waals surface area contributed by atoms with Crippen LogP contribution in [0.2, 0.25) is 0 Å². The summed E-state index contributed by atoms with van der Waals surface area (Å²) in [5.74, 6) is -1.15. The monoisotopic (exact) mass is 176 g/mol. The van der Waals surface area contributed by atoms with Crippen molar-refractivity contribution in [1.29, 1.82) is 0 Å². The van der Waals surface area contributed by atoms with Gasteiger partial charge in [0.25, 0.3) is 5.95 Å². The normalized spacial score (nSPS) is 8.92. The summed E-state index contributed by atoms with van der Waals surface area (Å²) in [5.41, 5.74) is -0.0394. The highest BCUT2D eigenvalue weighted by atomic mass is 16.7. The number of methoxy groups -OCH3 is 3. The number of carbonyl (C=O) groups is 1. The van der Waals surface area contributed by atoms with Crippen molar-refractivity contribution >= 4 is 5.97 Å². The Bertz CT molecular complexity index is 178. The van der Waals surface area contributed by atoms with E-state index in [9.17, 15) is 4.79 Å². The minimum absolute atomic E-state index is 0.0376. The molecule has 0 aromatic heterocycles. The standard InChI is InChI=1S/C7H12O5/c1-10-4-5(6(8)9)7(11-2)12-3/h4H2,1-3H3,(H,8,9). The van der Waals surface area contributed by atoms with Gasteiger partial charge in [-0.3, -0.25) is 0 Å². The smallest absolute Gasteiger partial charge is 0.341 e. The predicted molar refractivity (Wildman–Crippen MR) is 40.6 cm³/mol. The number of aliphatic carboxylic acids is 1. The number of hydrogen-bond acceptors (Lipinski definition) is 4. The fourth-order valence-electron chi connectivity index (χ4n) is 0.682. The molecular weight excluding hydrogens is 164 g/mol. The second kappa shape index (κ2) is 5.42. The molecule has 0 aromatic carbocycles. The van der Waals surface area contributed by atoms with Crippen LogP contribution in [0.15, 0.2) is 11.5 Å². The molecule has 0 heterocycles. The van der Waals surface area contributed by atoms with Crippen molar-refractivity contribution < 1.29 is 24.1 Å². The molecule has 70 valence electrons. The molecule has 0 atom stereocenters. The molecule has 0 radical (unpaired) electrons. The quantitative estimate of drug-likeness (QED) is 0.479. The molecule has 0 amide bonds. The Kier molecular flexibility index (Phi) is 4.87. The molecule has 0 spiro atoms. The molecule has 0 unspecified atom stereocenters. The lowest BCUT2D eigenvalue weighted by Gasteiger charge is -2.07. The first kappa shape index (κ1) is 10.8. The SMILES string of the molecule is COCC(C(=O)O)=C(OC)OC. The topological polar surface area (TPSA) is 65.0 Å². The van der Waals surface area contributed by atoms with Gasteiger partial charge in [0, 0.05) is 7.11 Å². The van der Waals surface area contributed by atoms with Crippen LogP contribution in [-0.4, -0.2) is 39.0 Å². The third-order valence-electron chi connectivity index (χ3n) is 1.16. The van der Waals surface area contributed by atoms with Crippen LogP contribution in [0, 0.1) is 0 Å². The van der Waals surface area contributed by atoms with E-state index >= 15 is 0 Å². The van der Waals surface area contributed by atoms with Gasteiger partial charge in [0.15, 0.2) is 0 Å². The van der Waals surface area contributed by atoms with E-state index in [0.29, 0.717) is 0 Å². The van der Waals surface area contributed by atoms with Crippen molar-refractivity contribution in [2.75, 3.05) is 27.9 Å². The Hall–Kier alpha value is -1.23. The highest BCUT2D eigenvalue weighted by Gasteiger charge is 2.15. The Morgan fingerprint density at radius 1 is 1.25 bits per heavy atom. The molecule has 12 heavy (non-hydrogen) atoms. The summed E-state index contributed by atoms with van der Waals surface area (Å²) in [6, 6.07) is 0.